The van der Waals surface area contributed by atoms with Crippen molar-refractivity contribution in [3.8, 4) is 0 Å². The number of nitrogens with zero attached hydrogens (tertiary/aromatic N) is 1. The second-order valence-electron chi connectivity index (χ2n) is 3.52. The molecular formula is C13H16N2O3. The van der Waals surface area contributed by atoms with Crippen LogP contribution in [0.1, 0.15) is 25.1 Å². The van der Waals surface area contributed by atoms with Gasteiger partial charge < -0.3 is 9.72 Å². The Labute approximate surface area is 105 Å². The van der Waals surface area contributed by atoms with Gasteiger partial charge in [-0.25, -0.2) is 4.79 Å². The van der Waals surface area contributed by atoms with Crippen LogP contribution in [0.3, 0.4) is 0 Å². The van der Waals surface area contributed by atoms with Crippen LogP contribution in [0.2, 0.25) is 0 Å². The molecule has 0 radical (unpaired) electrons. The molecule has 5 nitrogen and oxygen atoms in total. The fourth-order valence-corrected chi connectivity index (χ4v) is 1.44. The topological polar surface area (TPSA) is 71.5 Å². The highest BCUT2D eigenvalue weighted by Gasteiger charge is 2.04. The number of aromatic amines is 1. The van der Waals surface area contributed by atoms with Crippen LogP contribution in [0.5, 0.6) is 0 Å². The Hall–Kier alpha value is -2.17. The van der Waals surface area contributed by atoms with Crippen LogP contribution >= 0.6 is 0 Å². The summed E-state index contributed by atoms with van der Waals surface area (Å²) in [4.78, 5) is 29.3. The summed E-state index contributed by atoms with van der Waals surface area (Å²) in [7, 11) is 0. The van der Waals surface area contributed by atoms with E-state index in [-0.39, 0.29) is 5.56 Å². The van der Waals surface area contributed by atoms with E-state index in [2.05, 4.69) is 16.7 Å². The molecular weight excluding hydrogens is 232 g/mol. The summed E-state index contributed by atoms with van der Waals surface area (Å²) in [6.07, 6.45) is 3.32. The number of aryl methyl sites for hydroxylation is 1. The smallest absolute Gasteiger partial charge is 0.330 e. The van der Waals surface area contributed by atoms with Gasteiger partial charge in [0.05, 0.1) is 18.0 Å². The lowest BCUT2D eigenvalue weighted by Crippen LogP contribution is -2.12. The highest BCUT2D eigenvalue weighted by molar-refractivity contribution is 5.87. The number of hydrogen-bond donors (Lipinski definition) is 1. The molecule has 0 aliphatic rings. The molecule has 0 unspecified atom stereocenters. The highest BCUT2D eigenvalue weighted by Crippen LogP contribution is 2.17. The van der Waals surface area contributed by atoms with Gasteiger partial charge in [-0.05, 0) is 32.2 Å². The molecule has 0 saturated carbocycles. The number of ether oxygens (including phenoxy) is 1. The maximum atomic E-state index is 11.6. The van der Waals surface area contributed by atoms with Crippen molar-refractivity contribution in [3.63, 3.8) is 0 Å². The minimum absolute atomic E-state index is 0.187. The zero-order valence-electron chi connectivity index (χ0n) is 10.5. The molecule has 1 aromatic heterocycles. The average Bonchev–Trinajstić information content (AvgIpc) is 2.36. The van der Waals surface area contributed by atoms with E-state index in [0.717, 1.165) is 0 Å². The van der Waals surface area contributed by atoms with E-state index in [1.807, 2.05) is 6.92 Å². The number of pyridine rings is 1. The Bertz CT molecular complexity index is 530. The third kappa shape index (κ3) is 3.41. The fourth-order valence-electron chi connectivity index (χ4n) is 1.44. The lowest BCUT2D eigenvalue weighted by molar-refractivity contribution is -0.137. The van der Waals surface area contributed by atoms with Crippen molar-refractivity contribution < 1.29 is 9.53 Å². The molecule has 1 rings (SSSR count). The van der Waals surface area contributed by atoms with E-state index in [1.54, 1.807) is 13.0 Å². The molecule has 1 heterocycles. The van der Waals surface area contributed by atoms with Crippen molar-refractivity contribution in [2.75, 3.05) is 6.61 Å². The number of H-pyrrole nitrogens is 1. The molecule has 0 fully saturated rings. The van der Waals surface area contributed by atoms with Gasteiger partial charge in [-0.15, -0.1) is 0 Å². The molecule has 0 aromatic carbocycles. The van der Waals surface area contributed by atoms with Crippen LogP contribution in [-0.2, 0) is 16.0 Å². The number of carbonyl (C=O) groups is 1. The minimum Gasteiger partial charge on any atom is -0.463 e. The highest BCUT2D eigenvalue weighted by atomic mass is 16.5. The van der Waals surface area contributed by atoms with Crippen molar-refractivity contribution in [1.82, 2.24) is 4.98 Å². The summed E-state index contributed by atoms with van der Waals surface area (Å²) in [6, 6.07) is 1.66. The van der Waals surface area contributed by atoms with Gasteiger partial charge in [0.1, 0.15) is 0 Å². The first-order valence-corrected chi connectivity index (χ1v) is 5.70. The summed E-state index contributed by atoms with van der Waals surface area (Å²) >= 11 is 0. The average molecular weight is 248 g/mol. The second kappa shape index (κ2) is 6.54. The third-order valence-corrected chi connectivity index (χ3v) is 2.35. The van der Waals surface area contributed by atoms with Crippen molar-refractivity contribution in [1.29, 1.82) is 0 Å². The molecule has 1 N–H and O–H groups in total. The molecule has 5 heteroatoms. The predicted octanol–water partition coefficient (Wildman–Crippen LogP) is 1.85. The molecule has 0 aliphatic carbocycles. The maximum absolute atomic E-state index is 11.6. The number of esters is 1. The minimum atomic E-state index is -0.465. The first kappa shape index (κ1) is 13.9. The number of carbonyl (C=O) groups excluding carboxylic acids is 1. The normalized spacial score (nSPS) is 10.6. The van der Waals surface area contributed by atoms with Gasteiger partial charge in [-0.3, -0.25) is 9.79 Å². The van der Waals surface area contributed by atoms with E-state index in [4.69, 9.17) is 4.74 Å². The van der Waals surface area contributed by atoms with Gasteiger partial charge in [0.15, 0.2) is 0 Å². The van der Waals surface area contributed by atoms with Crippen LogP contribution in [0, 0.1) is 0 Å². The van der Waals surface area contributed by atoms with Crippen molar-refractivity contribution in [2.24, 2.45) is 4.99 Å². The lowest BCUT2D eigenvalue weighted by Gasteiger charge is -2.03. The Kier molecular flexibility index (Phi) is 5.05. The summed E-state index contributed by atoms with van der Waals surface area (Å²) in [5, 5.41) is 0. The van der Waals surface area contributed by atoms with Gasteiger partial charge in [0.2, 0.25) is 0 Å². The van der Waals surface area contributed by atoms with Gasteiger partial charge >= 0.3 is 5.97 Å². The number of nitrogens with one attached hydrogen (secondary N) is 1. The molecule has 0 saturated heterocycles. The zero-order valence-corrected chi connectivity index (χ0v) is 10.5. The van der Waals surface area contributed by atoms with Crippen molar-refractivity contribution in [3.05, 3.63) is 33.8 Å². The van der Waals surface area contributed by atoms with Crippen LogP contribution in [-0.4, -0.2) is 24.3 Å². The number of aromatic nitrogens is 1. The van der Waals surface area contributed by atoms with Crippen LogP contribution in [0.15, 0.2) is 21.9 Å². The zero-order chi connectivity index (χ0) is 13.5. The molecule has 18 heavy (non-hydrogen) atoms. The van der Waals surface area contributed by atoms with Crippen LogP contribution in [0.4, 0.5) is 5.69 Å². The van der Waals surface area contributed by atoms with Gasteiger partial charge in [-0.1, -0.05) is 6.92 Å². The molecule has 1 aromatic rings. The first-order chi connectivity index (χ1) is 8.62. The standard InChI is InChI=1S/C13H16N2O3/c1-4-9-8-11(14-3)10(15-13(9)17)6-7-12(16)18-5-2/h6-8H,3-5H2,1-2H3,(H,15,17)/b7-6+. The van der Waals surface area contributed by atoms with E-state index in [1.165, 1.54) is 12.2 Å². The quantitative estimate of drug-likeness (QED) is 0.491. The lowest BCUT2D eigenvalue weighted by atomic mass is 10.1. The van der Waals surface area contributed by atoms with E-state index < -0.39 is 5.97 Å². The molecule has 96 valence electrons. The number of rotatable bonds is 5. The third-order valence-electron chi connectivity index (χ3n) is 2.35. The van der Waals surface area contributed by atoms with Gasteiger partial charge in [0.25, 0.3) is 5.56 Å². The first-order valence-electron chi connectivity index (χ1n) is 5.70. The molecule has 0 amide bonds. The SMILES string of the molecule is C=Nc1cc(CC)c(=O)[nH]c1/C=C/C(=O)OCC. The number of hydrogen-bond acceptors (Lipinski definition) is 4. The summed E-state index contributed by atoms with van der Waals surface area (Å²) in [5.41, 5.74) is 1.42. The predicted molar refractivity (Wildman–Crippen MR) is 71.3 cm³/mol. The van der Waals surface area contributed by atoms with Crippen molar-refractivity contribution in [2.45, 2.75) is 20.3 Å². The van der Waals surface area contributed by atoms with E-state index in [9.17, 15) is 9.59 Å². The second-order valence-corrected chi connectivity index (χ2v) is 3.52. The van der Waals surface area contributed by atoms with Crippen LogP contribution < -0.4 is 5.56 Å². The largest absolute Gasteiger partial charge is 0.463 e. The molecule has 0 atom stereocenters. The summed E-state index contributed by atoms with van der Waals surface area (Å²) in [5.74, 6) is -0.465. The Balaban J connectivity index is 3.09. The Morgan fingerprint density at radius 1 is 1.56 bits per heavy atom. The Morgan fingerprint density at radius 3 is 2.83 bits per heavy atom. The summed E-state index contributed by atoms with van der Waals surface area (Å²) in [6.45, 7) is 7.35. The fraction of sp³-hybridized carbons (Fsp3) is 0.308. The van der Waals surface area contributed by atoms with E-state index >= 15 is 0 Å². The Morgan fingerprint density at radius 2 is 2.28 bits per heavy atom. The molecule has 0 aliphatic heterocycles. The van der Waals surface area contributed by atoms with Crippen LogP contribution in [0.25, 0.3) is 6.08 Å². The van der Waals surface area contributed by atoms with Gasteiger partial charge in [0, 0.05) is 11.6 Å². The van der Waals surface area contributed by atoms with E-state index in [0.29, 0.717) is 30.0 Å². The van der Waals surface area contributed by atoms with Gasteiger partial charge in [-0.2, -0.15) is 0 Å². The molecule has 0 spiro atoms. The maximum Gasteiger partial charge on any atom is 0.330 e. The number of aliphatic imine (C=N–C) groups is 1. The monoisotopic (exact) mass is 248 g/mol. The molecule has 0 bridgehead atoms. The van der Waals surface area contributed by atoms with Crippen molar-refractivity contribution >= 4 is 24.5 Å². The summed E-state index contributed by atoms with van der Waals surface area (Å²) < 4.78 is 4.75.